The molecule has 1 N–H and O–H groups in total. The van der Waals surface area contributed by atoms with E-state index in [1.807, 2.05) is 44.4 Å². The van der Waals surface area contributed by atoms with Crippen LogP contribution >= 0.6 is 11.8 Å². The van der Waals surface area contributed by atoms with Crippen molar-refractivity contribution in [3.8, 4) is 0 Å². The smallest absolute Gasteiger partial charge is 0.248 e. The molecule has 1 fully saturated rings. The van der Waals surface area contributed by atoms with Crippen molar-refractivity contribution in [1.82, 2.24) is 10.2 Å². The zero-order valence-corrected chi connectivity index (χ0v) is 14.9. The third-order valence-corrected chi connectivity index (χ3v) is 5.17. The summed E-state index contributed by atoms with van der Waals surface area (Å²) >= 11 is 1.82. The van der Waals surface area contributed by atoms with Crippen molar-refractivity contribution >= 4 is 23.6 Å². The molecule has 0 spiro atoms. The van der Waals surface area contributed by atoms with Gasteiger partial charge in [0, 0.05) is 6.54 Å². The molecule has 0 aromatic heterocycles. The number of thioether (sulfide) groups is 1. The van der Waals surface area contributed by atoms with E-state index < -0.39 is 5.54 Å². The molecule has 122 valence electrons. The molecule has 4 nitrogen and oxygen atoms in total. The highest BCUT2D eigenvalue weighted by Gasteiger charge is 2.49. The number of rotatable bonds is 8. The Balaban J connectivity index is 2.93. The Bertz CT molecular complexity index is 367. The molecule has 5 heteroatoms. The van der Waals surface area contributed by atoms with Gasteiger partial charge in [-0.3, -0.25) is 9.59 Å². The van der Waals surface area contributed by atoms with Gasteiger partial charge in [0.1, 0.15) is 11.6 Å². The van der Waals surface area contributed by atoms with Gasteiger partial charge in [0.05, 0.1) is 0 Å². The van der Waals surface area contributed by atoms with Crippen molar-refractivity contribution in [2.45, 2.75) is 65.0 Å². The Kier molecular flexibility index (Phi) is 7.04. The molecule has 1 aliphatic rings. The molecule has 0 aromatic carbocycles. The minimum absolute atomic E-state index is 0.0122. The molecule has 0 radical (unpaired) electrons. The highest BCUT2D eigenvalue weighted by atomic mass is 32.2. The van der Waals surface area contributed by atoms with E-state index in [9.17, 15) is 9.59 Å². The first-order chi connectivity index (χ1) is 9.93. The average molecular weight is 314 g/mol. The zero-order valence-electron chi connectivity index (χ0n) is 14.1. The van der Waals surface area contributed by atoms with Crippen molar-refractivity contribution in [2.24, 2.45) is 5.92 Å². The fourth-order valence-corrected chi connectivity index (χ4v) is 3.56. The summed E-state index contributed by atoms with van der Waals surface area (Å²) in [6.07, 6.45) is 5.45. The van der Waals surface area contributed by atoms with Crippen LogP contribution in [0.2, 0.25) is 0 Å². The van der Waals surface area contributed by atoms with Crippen LogP contribution in [-0.4, -0.2) is 46.8 Å². The van der Waals surface area contributed by atoms with E-state index >= 15 is 0 Å². The highest BCUT2D eigenvalue weighted by Crippen LogP contribution is 2.28. The van der Waals surface area contributed by atoms with Crippen LogP contribution in [-0.2, 0) is 9.59 Å². The molecule has 0 bridgehead atoms. The Labute approximate surface area is 133 Å². The summed E-state index contributed by atoms with van der Waals surface area (Å²) in [6.45, 7) is 8.67. The molecule has 1 aliphatic heterocycles. The van der Waals surface area contributed by atoms with Crippen LogP contribution in [0.25, 0.3) is 0 Å². The summed E-state index contributed by atoms with van der Waals surface area (Å²) in [7, 11) is 0. The number of unbranched alkanes of at least 4 members (excludes halogenated alkanes) is 1. The minimum atomic E-state index is -0.692. The molecular formula is C16H30N2O2S. The van der Waals surface area contributed by atoms with Crippen LogP contribution in [0.4, 0.5) is 0 Å². The van der Waals surface area contributed by atoms with E-state index in [0.717, 1.165) is 18.6 Å². The quantitative estimate of drug-likeness (QED) is 0.701. The SMILES string of the molecule is CCC1(CC)NC(=O)C(C(C)C)N(CCCCSC)C1=O. The summed E-state index contributed by atoms with van der Waals surface area (Å²) in [5.74, 6) is 1.36. The molecule has 0 aliphatic carbocycles. The molecule has 0 saturated carbocycles. The molecule has 1 saturated heterocycles. The maximum Gasteiger partial charge on any atom is 0.248 e. The Morgan fingerprint density at radius 2 is 1.86 bits per heavy atom. The lowest BCUT2D eigenvalue weighted by atomic mass is 9.84. The van der Waals surface area contributed by atoms with E-state index in [-0.39, 0.29) is 23.8 Å². The Hall–Kier alpha value is -0.710. The van der Waals surface area contributed by atoms with Crippen molar-refractivity contribution in [2.75, 3.05) is 18.6 Å². The first-order valence-electron chi connectivity index (χ1n) is 8.05. The van der Waals surface area contributed by atoms with Crippen LogP contribution in [0, 0.1) is 5.92 Å². The number of hydrogen-bond acceptors (Lipinski definition) is 3. The van der Waals surface area contributed by atoms with Gasteiger partial charge in [-0.1, -0.05) is 27.7 Å². The van der Waals surface area contributed by atoms with Crippen molar-refractivity contribution < 1.29 is 9.59 Å². The van der Waals surface area contributed by atoms with Crippen LogP contribution < -0.4 is 5.32 Å². The van der Waals surface area contributed by atoms with Crippen LogP contribution in [0.3, 0.4) is 0 Å². The number of amides is 2. The third kappa shape index (κ3) is 3.93. The summed E-state index contributed by atoms with van der Waals surface area (Å²) in [6, 6.07) is -0.321. The topological polar surface area (TPSA) is 49.4 Å². The second kappa shape index (κ2) is 8.06. The van der Waals surface area contributed by atoms with Crippen LogP contribution in [0.15, 0.2) is 0 Å². The van der Waals surface area contributed by atoms with Gasteiger partial charge in [-0.05, 0) is 43.6 Å². The van der Waals surface area contributed by atoms with E-state index in [0.29, 0.717) is 19.4 Å². The van der Waals surface area contributed by atoms with E-state index in [1.165, 1.54) is 0 Å². The second-order valence-electron chi connectivity index (χ2n) is 6.17. The van der Waals surface area contributed by atoms with Crippen molar-refractivity contribution in [3.63, 3.8) is 0 Å². The number of carbonyl (C=O) groups excluding carboxylic acids is 2. The molecule has 21 heavy (non-hydrogen) atoms. The molecule has 1 atom stereocenters. The number of nitrogens with zero attached hydrogens (tertiary/aromatic N) is 1. The first-order valence-corrected chi connectivity index (χ1v) is 9.45. The maximum absolute atomic E-state index is 12.9. The number of carbonyl (C=O) groups is 2. The van der Waals surface area contributed by atoms with Gasteiger partial charge in [0.2, 0.25) is 11.8 Å². The zero-order chi connectivity index (χ0) is 16.0. The summed E-state index contributed by atoms with van der Waals surface area (Å²) in [5.41, 5.74) is -0.692. The third-order valence-electron chi connectivity index (χ3n) is 4.47. The molecule has 1 unspecified atom stereocenters. The Morgan fingerprint density at radius 3 is 2.33 bits per heavy atom. The second-order valence-corrected chi connectivity index (χ2v) is 7.15. The fourth-order valence-electron chi connectivity index (χ4n) is 3.07. The number of nitrogens with one attached hydrogen (secondary N) is 1. The van der Waals surface area contributed by atoms with Gasteiger partial charge in [-0.25, -0.2) is 0 Å². The van der Waals surface area contributed by atoms with Crippen molar-refractivity contribution in [3.05, 3.63) is 0 Å². The van der Waals surface area contributed by atoms with Crippen LogP contribution in [0.1, 0.15) is 53.4 Å². The highest BCUT2D eigenvalue weighted by molar-refractivity contribution is 7.98. The largest absolute Gasteiger partial charge is 0.340 e. The molecule has 1 heterocycles. The number of piperazine rings is 1. The van der Waals surface area contributed by atoms with E-state index in [4.69, 9.17) is 0 Å². The lowest BCUT2D eigenvalue weighted by Gasteiger charge is -2.47. The molecule has 2 amide bonds. The lowest BCUT2D eigenvalue weighted by molar-refractivity contribution is -0.157. The van der Waals surface area contributed by atoms with Gasteiger partial charge in [0.25, 0.3) is 0 Å². The molecule has 0 aromatic rings. The first kappa shape index (κ1) is 18.3. The van der Waals surface area contributed by atoms with E-state index in [2.05, 4.69) is 11.6 Å². The number of hydrogen-bond donors (Lipinski definition) is 1. The standard InChI is InChI=1S/C16H30N2O2S/c1-6-16(7-2)15(20)18(10-8-9-11-21-5)13(12(3)4)14(19)17-16/h12-13H,6-11H2,1-5H3,(H,17,19). The van der Waals surface area contributed by atoms with Gasteiger partial charge in [0.15, 0.2) is 0 Å². The summed E-state index contributed by atoms with van der Waals surface area (Å²) < 4.78 is 0. The van der Waals surface area contributed by atoms with Gasteiger partial charge in [-0.15, -0.1) is 0 Å². The Morgan fingerprint density at radius 1 is 1.24 bits per heavy atom. The molecular weight excluding hydrogens is 284 g/mol. The fraction of sp³-hybridized carbons (Fsp3) is 0.875. The van der Waals surface area contributed by atoms with E-state index in [1.54, 1.807) is 0 Å². The average Bonchev–Trinajstić information content (AvgIpc) is 2.46. The van der Waals surface area contributed by atoms with Crippen LogP contribution in [0.5, 0.6) is 0 Å². The maximum atomic E-state index is 12.9. The molecule has 1 rings (SSSR count). The van der Waals surface area contributed by atoms with Crippen molar-refractivity contribution in [1.29, 1.82) is 0 Å². The van der Waals surface area contributed by atoms with Gasteiger partial charge >= 0.3 is 0 Å². The summed E-state index contributed by atoms with van der Waals surface area (Å²) in [4.78, 5) is 27.3. The summed E-state index contributed by atoms with van der Waals surface area (Å²) in [5, 5.41) is 3.01. The predicted octanol–water partition coefficient (Wildman–Crippen LogP) is 2.67. The minimum Gasteiger partial charge on any atom is -0.340 e. The van der Waals surface area contributed by atoms with Gasteiger partial charge in [-0.2, -0.15) is 11.8 Å². The monoisotopic (exact) mass is 314 g/mol. The predicted molar refractivity (Wildman–Crippen MR) is 89.4 cm³/mol. The normalized spacial score (nSPS) is 21.8. The van der Waals surface area contributed by atoms with Gasteiger partial charge < -0.3 is 10.2 Å². The lowest BCUT2D eigenvalue weighted by Crippen LogP contribution is -2.71.